The largest absolute Gasteiger partial charge is 0.393 e. The number of hydrogen-bond donors (Lipinski definition) is 4. The molecule has 21 heavy (non-hydrogen) atoms. The average Bonchev–Trinajstić information content (AvgIpc) is 2.92. The molecule has 5 heteroatoms. The molecule has 0 spiro atoms. The molecule has 4 rings (SSSR count). The SMILES string of the molecule is OCc1nc([C@@H](O)CO)c2[nH]c3cccc4ccc1c2c43. The number of benzene rings is 2. The first-order chi connectivity index (χ1) is 10.2. The van der Waals surface area contributed by atoms with Crippen LogP contribution in [0.1, 0.15) is 17.5 Å². The Bertz CT molecular complexity index is 945. The summed E-state index contributed by atoms with van der Waals surface area (Å²) >= 11 is 0. The van der Waals surface area contributed by atoms with E-state index in [9.17, 15) is 15.3 Å². The highest BCUT2D eigenvalue weighted by Crippen LogP contribution is 2.38. The molecule has 0 aliphatic carbocycles. The minimum absolute atomic E-state index is 0.213. The molecule has 0 aliphatic rings. The summed E-state index contributed by atoms with van der Waals surface area (Å²) in [5.41, 5.74) is 2.56. The van der Waals surface area contributed by atoms with Crippen LogP contribution in [0.3, 0.4) is 0 Å². The van der Waals surface area contributed by atoms with Gasteiger partial charge < -0.3 is 20.3 Å². The van der Waals surface area contributed by atoms with Crippen LogP contribution in [0.4, 0.5) is 0 Å². The fourth-order valence-corrected chi connectivity index (χ4v) is 3.08. The van der Waals surface area contributed by atoms with Gasteiger partial charge in [-0.2, -0.15) is 0 Å². The van der Waals surface area contributed by atoms with E-state index in [1.54, 1.807) is 0 Å². The standard InChI is InChI=1S/C16H14N2O3/c19-6-11-9-5-4-8-2-1-3-10-13(8)14(9)16(17-10)15(18-11)12(21)7-20/h1-5,12,17,19-21H,6-7H2/t12-/m0/s1. The molecule has 0 saturated carbocycles. The molecule has 0 fully saturated rings. The van der Waals surface area contributed by atoms with E-state index in [4.69, 9.17) is 0 Å². The molecule has 1 atom stereocenters. The number of aliphatic hydroxyl groups is 3. The number of nitrogens with one attached hydrogen (secondary N) is 1. The summed E-state index contributed by atoms with van der Waals surface area (Å²) in [7, 11) is 0. The van der Waals surface area contributed by atoms with Gasteiger partial charge >= 0.3 is 0 Å². The first-order valence-corrected chi connectivity index (χ1v) is 6.79. The molecule has 0 amide bonds. The fourth-order valence-electron chi connectivity index (χ4n) is 3.08. The summed E-state index contributed by atoms with van der Waals surface area (Å²) in [4.78, 5) is 7.62. The van der Waals surface area contributed by atoms with Gasteiger partial charge in [0.2, 0.25) is 0 Å². The molecule has 0 radical (unpaired) electrons. The van der Waals surface area contributed by atoms with E-state index in [2.05, 4.69) is 9.97 Å². The number of H-pyrrole nitrogens is 1. The van der Waals surface area contributed by atoms with Gasteiger partial charge in [-0.15, -0.1) is 0 Å². The molecule has 5 nitrogen and oxygen atoms in total. The first-order valence-electron chi connectivity index (χ1n) is 6.79. The monoisotopic (exact) mass is 282 g/mol. The summed E-state index contributed by atoms with van der Waals surface area (Å²) in [6.07, 6.45) is -1.08. The highest BCUT2D eigenvalue weighted by Gasteiger charge is 2.21. The molecule has 106 valence electrons. The average molecular weight is 282 g/mol. The lowest BCUT2D eigenvalue weighted by Gasteiger charge is -2.12. The highest BCUT2D eigenvalue weighted by atomic mass is 16.3. The van der Waals surface area contributed by atoms with E-state index in [0.717, 1.165) is 32.6 Å². The Kier molecular flexibility index (Phi) is 2.62. The second-order valence-corrected chi connectivity index (χ2v) is 5.19. The van der Waals surface area contributed by atoms with Gasteiger partial charge in [-0.3, -0.25) is 0 Å². The van der Waals surface area contributed by atoms with Gasteiger partial charge in [0.1, 0.15) is 6.10 Å². The van der Waals surface area contributed by atoms with Crippen LogP contribution >= 0.6 is 0 Å². The predicted molar refractivity (Wildman–Crippen MR) is 80.3 cm³/mol. The fraction of sp³-hybridized carbons (Fsp3) is 0.188. The molecule has 0 bridgehead atoms. The first kappa shape index (κ1) is 12.5. The minimum Gasteiger partial charge on any atom is -0.393 e. The Morgan fingerprint density at radius 1 is 1.10 bits per heavy atom. The van der Waals surface area contributed by atoms with Gasteiger partial charge in [-0.1, -0.05) is 24.3 Å². The molecule has 2 aromatic heterocycles. The maximum absolute atomic E-state index is 10.0. The second kappa shape index (κ2) is 4.39. The van der Waals surface area contributed by atoms with Crippen LogP contribution in [0.15, 0.2) is 30.3 Å². The lowest BCUT2D eigenvalue weighted by molar-refractivity contribution is 0.0930. The number of aromatic amines is 1. The van der Waals surface area contributed by atoms with Gasteiger partial charge in [-0.05, 0) is 11.5 Å². The Morgan fingerprint density at radius 2 is 1.95 bits per heavy atom. The van der Waals surface area contributed by atoms with Crippen LogP contribution in [0, 0.1) is 0 Å². The number of nitrogens with zero attached hydrogens (tertiary/aromatic N) is 1. The summed E-state index contributed by atoms with van der Waals surface area (Å²) < 4.78 is 0. The van der Waals surface area contributed by atoms with E-state index in [-0.39, 0.29) is 6.61 Å². The van der Waals surface area contributed by atoms with Gasteiger partial charge in [0.05, 0.1) is 30.1 Å². The van der Waals surface area contributed by atoms with Crippen molar-refractivity contribution in [3.63, 3.8) is 0 Å². The smallest absolute Gasteiger partial charge is 0.121 e. The number of hydrogen-bond acceptors (Lipinski definition) is 4. The third-order valence-electron chi connectivity index (χ3n) is 4.02. The minimum atomic E-state index is -1.08. The van der Waals surface area contributed by atoms with Gasteiger partial charge in [0.25, 0.3) is 0 Å². The van der Waals surface area contributed by atoms with Crippen molar-refractivity contribution in [1.82, 2.24) is 9.97 Å². The van der Waals surface area contributed by atoms with E-state index in [1.165, 1.54) is 0 Å². The van der Waals surface area contributed by atoms with E-state index >= 15 is 0 Å². The van der Waals surface area contributed by atoms with E-state index < -0.39 is 12.7 Å². The Hall–Kier alpha value is -2.21. The lowest BCUT2D eigenvalue weighted by atomic mass is 10.00. The topological polar surface area (TPSA) is 89.4 Å². The lowest BCUT2D eigenvalue weighted by Crippen LogP contribution is -2.08. The zero-order valence-corrected chi connectivity index (χ0v) is 11.2. The van der Waals surface area contributed by atoms with Crippen LogP contribution in [0.25, 0.3) is 32.6 Å². The van der Waals surface area contributed by atoms with Crippen molar-refractivity contribution in [2.45, 2.75) is 12.7 Å². The number of aliphatic hydroxyl groups excluding tert-OH is 3. The predicted octanol–water partition coefficient (Wildman–Crippen LogP) is 1.83. The highest BCUT2D eigenvalue weighted by molar-refractivity contribution is 6.23. The molecule has 4 N–H and O–H groups in total. The molecule has 0 saturated heterocycles. The maximum Gasteiger partial charge on any atom is 0.121 e. The molecule has 0 unspecified atom stereocenters. The molecule has 0 aliphatic heterocycles. The van der Waals surface area contributed by atoms with Crippen LogP contribution in [-0.4, -0.2) is 31.9 Å². The molecule has 2 heterocycles. The van der Waals surface area contributed by atoms with Gasteiger partial charge in [0, 0.05) is 21.7 Å². The van der Waals surface area contributed by atoms with Crippen molar-refractivity contribution >= 4 is 32.6 Å². The quantitative estimate of drug-likeness (QED) is 0.432. The van der Waals surface area contributed by atoms with Crippen LogP contribution in [0.2, 0.25) is 0 Å². The number of aromatic nitrogens is 2. The van der Waals surface area contributed by atoms with E-state index in [0.29, 0.717) is 11.4 Å². The summed E-state index contributed by atoms with van der Waals surface area (Å²) in [5, 5.41) is 32.8. The molecule has 4 aromatic rings. The summed E-state index contributed by atoms with van der Waals surface area (Å²) in [6, 6.07) is 9.89. The number of pyridine rings is 1. The van der Waals surface area contributed by atoms with Crippen LogP contribution < -0.4 is 0 Å². The van der Waals surface area contributed by atoms with Crippen molar-refractivity contribution in [1.29, 1.82) is 0 Å². The second-order valence-electron chi connectivity index (χ2n) is 5.19. The molecular formula is C16H14N2O3. The third-order valence-corrected chi connectivity index (χ3v) is 4.02. The Morgan fingerprint density at radius 3 is 2.71 bits per heavy atom. The maximum atomic E-state index is 10.0. The molecule has 2 aromatic carbocycles. The van der Waals surface area contributed by atoms with Gasteiger partial charge in [0.15, 0.2) is 0 Å². The zero-order valence-electron chi connectivity index (χ0n) is 11.2. The Labute approximate surface area is 119 Å². The van der Waals surface area contributed by atoms with Crippen molar-refractivity contribution in [3.8, 4) is 0 Å². The van der Waals surface area contributed by atoms with Crippen molar-refractivity contribution in [2.24, 2.45) is 0 Å². The van der Waals surface area contributed by atoms with Crippen molar-refractivity contribution < 1.29 is 15.3 Å². The normalized spacial score (nSPS) is 13.7. The summed E-state index contributed by atoms with van der Waals surface area (Å²) in [5.74, 6) is 0. The Balaban J connectivity index is 2.27. The van der Waals surface area contributed by atoms with E-state index in [1.807, 2.05) is 30.3 Å². The summed E-state index contributed by atoms with van der Waals surface area (Å²) in [6.45, 7) is -0.625. The molecular weight excluding hydrogens is 268 g/mol. The van der Waals surface area contributed by atoms with Crippen molar-refractivity contribution in [3.05, 3.63) is 41.7 Å². The number of rotatable bonds is 3. The van der Waals surface area contributed by atoms with Crippen molar-refractivity contribution in [2.75, 3.05) is 6.61 Å². The van der Waals surface area contributed by atoms with Crippen LogP contribution in [0.5, 0.6) is 0 Å². The zero-order chi connectivity index (χ0) is 14.6. The van der Waals surface area contributed by atoms with Crippen LogP contribution in [-0.2, 0) is 6.61 Å². The third kappa shape index (κ3) is 1.59. The van der Waals surface area contributed by atoms with Gasteiger partial charge in [-0.25, -0.2) is 4.98 Å².